The zero-order chi connectivity index (χ0) is 19.9. The van der Waals surface area contributed by atoms with Crippen LogP contribution in [0, 0.1) is 20.2 Å². The molecule has 0 amide bonds. The molecule has 0 saturated carbocycles. The molecule has 3 aromatic rings. The van der Waals surface area contributed by atoms with Crippen LogP contribution in [0.5, 0.6) is 0 Å². The van der Waals surface area contributed by atoms with E-state index < -0.39 is 9.85 Å². The summed E-state index contributed by atoms with van der Waals surface area (Å²) in [6.45, 7) is 0. The minimum absolute atomic E-state index is 0.00207. The molecule has 0 fully saturated rings. The molecule has 8 heteroatoms. The summed E-state index contributed by atoms with van der Waals surface area (Å²) in [4.78, 5) is 21.2. The SMILES string of the molecule is O=[N+]([O-])c1ccccc1C=Cc1ccccc1N=Nc1ccccc1[N+](=O)[O-]. The van der Waals surface area contributed by atoms with E-state index in [4.69, 9.17) is 0 Å². The van der Waals surface area contributed by atoms with Gasteiger partial charge in [-0.3, -0.25) is 20.2 Å². The molecule has 3 rings (SSSR count). The Hall–Kier alpha value is -4.20. The number of para-hydroxylation sites is 2. The highest BCUT2D eigenvalue weighted by molar-refractivity contribution is 5.78. The van der Waals surface area contributed by atoms with E-state index in [9.17, 15) is 20.2 Å². The normalized spacial score (nSPS) is 11.1. The predicted molar refractivity (Wildman–Crippen MR) is 106 cm³/mol. The lowest BCUT2D eigenvalue weighted by Crippen LogP contribution is -1.90. The molecule has 0 aliphatic heterocycles. The fraction of sp³-hybridized carbons (Fsp3) is 0. The average Bonchev–Trinajstić information content (AvgIpc) is 2.71. The molecule has 0 heterocycles. The third kappa shape index (κ3) is 4.31. The number of nitro groups is 2. The number of nitrogens with zero attached hydrogens (tertiary/aromatic N) is 4. The number of rotatable bonds is 6. The monoisotopic (exact) mass is 374 g/mol. The average molecular weight is 374 g/mol. The second-order valence-corrected chi connectivity index (χ2v) is 5.65. The van der Waals surface area contributed by atoms with E-state index >= 15 is 0 Å². The standard InChI is InChI=1S/C20H14N4O4/c25-23(26)19-11-5-2-8-16(19)14-13-15-7-1-3-9-17(15)21-22-18-10-4-6-12-20(18)24(27)28/h1-14H. The summed E-state index contributed by atoms with van der Waals surface area (Å²) in [7, 11) is 0. The van der Waals surface area contributed by atoms with Crippen molar-refractivity contribution in [3.8, 4) is 0 Å². The van der Waals surface area contributed by atoms with E-state index in [1.807, 2.05) is 0 Å². The first-order valence-electron chi connectivity index (χ1n) is 8.22. The quantitative estimate of drug-likeness (QED) is 0.225. The maximum Gasteiger partial charge on any atom is 0.296 e. The fourth-order valence-corrected chi connectivity index (χ4v) is 2.50. The van der Waals surface area contributed by atoms with Crippen molar-refractivity contribution in [1.29, 1.82) is 0 Å². The predicted octanol–water partition coefficient (Wildman–Crippen LogP) is 6.09. The highest BCUT2D eigenvalue weighted by atomic mass is 16.6. The Morgan fingerprint density at radius 2 is 1.07 bits per heavy atom. The second kappa shape index (κ2) is 8.45. The molecule has 0 radical (unpaired) electrons. The van der Waals surface area contributed by atoms with Crippen molar-refractivity contribution in [3.63, 3.8) is 0 Å². The van der Waals surface area contributed by atoms with Crippen molar-refractivity contribution in [3.05, 3.63) is 104 Å². The Bertz CT molecular complexity index is 1010. The molecule has 0 aromatic heterocycles. The van der Waals surface area contributed by atoms with Gasteiger partial charge in [0.05, 0.1) is 21.1 Å². The third-order valence-corrected chi connectivity index (χ3v) is 3.86. The van der Waals surface area contributed by atoms with Crippen LogP contribution >= 0.6 is 0 Å². The number of nitro benzene ring substituents is 2. The van der Waals surface area contributed by atoms with Gasteiger partial charge in [-0.15, -0.1) is 10.2 Å². The summed E-state index contributed by atoms with van der Waals surface area (Å²) >= 11 is 0. The van der Waals surface area contributed by atoms with Crippen LogP contribution in [0.4, 0.5) is 22.7 Å². The van der Waals surface area contributed by atoms with Crippen molar-refractivity contribution < 1.29 is 9.85 Å². The van der Waals surface area contributed by atoms with Gasteiger partial charge in [-0.1, -0.05) is 48.5 Å². The van der Waals surface area contributed by atoms with Crippen LogP contribution in [0.25, 0.3) is 12.2 Å². The van der Waals surface area contributed by atoms with Crippen LogP contribution in [-0.2, 0) is 0 Å². The molecule has 8 nitrogen and oxygen atoms in total. The molecular weight excluding hydrogens is 360 g/mol. The molecule has 0 spiro atoms. The van der Waals surface area contributed by atoms with Crippen LogP contribution < -0.4 is 0 Å². The van der Waals surface area contributed by atoms with Crippen molar-refractivity contribution >= 4 is 34.9 Å². The zero-order valence-electron chi connectivity index (χ0n) is 14.5. The van der Waals surface area contributed by atoms with Crippen molar-refractivity contribution in [2.24, 2.45) is 10.2 Å². The van der Waals surface area contributed by atoms with Gasteiger partial charge in [0.15, 0.2) is 5.69 Å². The van der Waals surface area contributed by atoms with E-state index in [0.29, 0.717) is 16.8 Å². The summed E-state index contributed by atoms with van der Waals surface area (Å²) in [6, 6.07) is 19.5. The third-order valence-electron chi connectivity index (χ3n) is 3.86. The number of hydrogen-bond donors (Lipinski definition) is 0. The van der Waals surface area contributed by atoms with Crippen LogP contribution in [0.2, 0.25) is 0 Å². The van der Waals surface area contributed by atoms with E-state index in [-0.39, 0.29) is 17.1 Å². The first-order valence-corrected chi connectivity index (χ1v) is 8.22. The Kier molecular flexibility index (Phi) is 5.61. The minimum atomic E-state index is -0.519. The molecule has 0 N–H and O–H groups in total. The van der Waals surface area contributed by atoms with Gasteiger partial charge in [-0.25, -0.2) is 0 Å². The van der Waals surface area contributed by atoms with Gasteiger partial charge < -0.3 is 0 Å². The summed E-state index contributed by atoms with van der Waals surface area (Å²) < 4.78 is 0. The lowest BCUT2D eigenvalue weighted by molar-refractivity contribution is -0.385. The van der Waals surface area contributed by atoms with Crippen LogP contribution in [0.3, 0.4) is 0 Å². The number of hydrogen-bond acceptors (Lipinski definition) is 6. The van der Waals surface area contributed by atoms with E-state index in [0.717, 1.165) is 0 Å². The number of azo groups is 1. The summed E-state index contributed by atoms with van der Waals surface area (Å²) in [5.74, 6) is 0. The number of benzene rings is 3. The fourth-order valence-electron chi connectivity index (χ4n) is 2.50. The van der Waals surface area contributed by atoms with Gasteiger partial charge in [0.2, 0.25) is 0 Å². The lowest BCUT2D eigenvalue weighted by atomic mass is 10.1. The summed E-state index contributed by atoms with van der Waals surface area (Å²) in [6.07, 6.45) is 3.31. The highest BCUT2D eigenvalue weighted by Crippen LogP contribution is 2.30. The molecule has 0 atom stereocenters. The Morgan fingerprint density at radius 1 is 0.607 bits per heavy atom. The molecule has 0 aliphatic carbocycles. The largest absolute Gasteiger partial charge is 0.296 e. The van der Waals surface area contributed by atoms with Gasteiger partial charge >= 0.3 is 0 Å². The van der Waals surface area contributed by atoms with E-state index in [2.05, 4.69) is 10.2 Å². The molecule has 138 valence electrons. The topological polar surface area (TPSA) is 111 Å². The Morgan fingerprint density at radius 3 is 1.75 bits per heavy atom. The molecule has 0 bridgehead atoms. The smallest absolute Gasteiger partial charge is 0.258 e. The Labute approximate surface area is 159 Å². The first kappa shape index (κ1) is 18.6. The van der Waals surface area contributed by atoms with Crippen LogP contribution in [0.15, 0.2) is 83.0 Å². The van der Waals surface area contributed by atoms with E-state index in [1.54, 1.807) is 66.7 Å². The van der Waals surface area contributed by atoms with Gasteiger partial charge in [0, 0.05) is 17.7 Å². The molecule has 3 aromatic carbocycles. The van der Waals surface area contributed by atoms with Crippen molar-refractivity contribution in [2.75, 3.05) is 0 Å². The van der Waals surface area contributed by atoms with Gasteiger partial charge in [-0.05, 0) is 24.3 Å². The zero-order valence-corrected chi connectivity index (χ0v) is 14.5. The molecule has 28 heavy (non-hydrogen) atoms. The first-order chi connectivity index (χ1) is 13.6. The van der Waals surface area contributed by atoms with Gasteiger partial charge in [0.1, 0.15) is 0 Å². The van der Waals surface area contributed by atoms with Crippen LogP contribution in [-0.4, -0.2) is 9.85 Å². The molecule has 0 unspecified atom stereocenters. The maximum atomic E-state index is 11.1. The maximum absolute atomic E-state index is 11.1. The van der Waals surface area contributed by atoms with E-state index in [1.165, 1.54) is 18.2 Å². The van der Waals surface area contributed by atoms with Crippen LogP contribution in [0.1, 0.15) is 11.1 Å². The molecular formula is C20H14N4O4. The summed E-state index contributed by atoms with van der Waals surface area (Å²) in [5, 5.41) is 30.3. The summed E-state index contributed by atoms with van der Waals surface area (Å²) in [5.41, 5.74) is 1.61. The van der Waals surface area contributed by atoms with Crippen molar-refractivity contribution in [2.45, 2.75) is 0 Å². The molecule has 0 saturated heterocycles. The van der Waals surface area contributed by atoms with Crippen molar-refractivity contribution in [1.82, 2.24) is 0 Å². The highest BCUT2D eigenvalue weighted by Gasteiger charge is 2.12. The Balaban J connectivity index is 1.93. The minimum Gasteiger partial charge on any atom is -0.258 e. The second-order valence-electron chi connectivity index (χ2n) is 5.65. The molecule has 0 aliphatic rings. The lowest BCUT2D eigenvalue weighted by Gasteiger charge is -2.00. The van der Waals surface area contributed by atoms with Gasteiger partial charge in [-0.2, -0.15) is 0 Å². The van der Waals surface area contributed by atoms with Gasteiger partial charge in [0.25, 0.3) is 11.4 Å².